The van der Waals surface area contributed by atoms with Gasteiger partial charge in [0.15, 0.2) is 0 Å². The monoisotopic (exact) mass is 800 g/mol. The summed E-state index contributed by atoms with van der Waals surface area (Å²) in [5.41, 5.74) is 7.05. The smallest absolute Gasteiger partial charge is 0.326 e. The Kier molecular flexibility index (Phi) is 17.6. The van der Waals surface area contributed by atoms with Crippen molar-refractivity contribution in [3.05, 3.63) is 77.9 Å². The molecule has 5 amide bonds. The second-order valence-electron chi connectivity index (χ2n) is 12.9. The molecule has 0 spiro atoms. The van der Waals surface area contributed by atoms with Crippen LogP contribution in [0.15, 0.2) is 61.1 Å². The number of carboxylic acids is 1. The summed E-state index contributed by atoms with van der Waals surface area (Å²) in [6.45, 7) is 0.349. The Labute approximate surface area is 326 Å². The molecule has 3 rings (SSSR count). The first kappa shape index (κ1) is 44.7. The number of aliphatic carboxylic acids is 1. The molecule has 1 heterocycles. The first-order chi connectivity index (χ1) is 26.6. The molecule has 20 heteroatoms. The van der Waals surface area contributed by atoms with Crippen molar-refractivity contribution in [1.29, 1.82) is 0 Å². The normalized spacial score (nSPS) is 14.8. The van der Waals surface area contributed by atoms with Crippen LogP contribution < -0.4 is 32.3 Å². The molecule has 0 bridgehead atoms. The molecule has 0 fully saturated rings. The first-order valence-electron chi connectivity index (χ1n) is 17.4. The summed E-state index contributed by atoms with van der Waals surface area (Å²) in [5, 5.41) is 61.4. The van der Waals surface area contributed by atoms with E-state index in [1.807, 2.05) is 0 Å². The second kappa shape index (κ2) is 22.0. The van der Waals surface area contributed by atoms with Crippen molar-refractivity contribution < 1.29 is 54.3 Å². The van der Waals surface area contributed by atoms with E-state index >= 15 is 0 Å². The Balaban J connectivity index is 1.91. The van der Waals surface area contributed by atoms with Gasteiger partial charge in [-0.1, -0.05) is 24.3 Å². The lowest BCUT2D eigenvalue weighted by Gasteiger charge is -2.27. The number of hydrogen-bond acceptors (Lipinski definition) is 13. The second-order valence-corrected chi connectivity index (χ2v) is 13.9. The van der Waals surface area contributed by atoms with Gasteiger partial charge in [-0.05, 0) is 60.7 Å². The van der Waals surface area contributed by atoms with E-state index in [9.17, 15) is 54.3 Å². The van der Waals surface area contributed by atoms with Gasteiger partial charge in [0.05, 0.1) is 19.0 Å². The van der Waals surface area contributed by atoms with E-state index in [2.05, 4.69) is 36.6 Å². The number of H-pyrrole nitrogens is 1. The maximum absolute atomic E-state index is 14.0. The molecule has 0 saturated carbocycles. The zero-order valence-corrected chi connectivity index (χ0v) is 31.5. The highest BCUT2D eigenvalue weighted by atomic mass is 32.2. The van der Waals surface area contributed by atoms with E-state index in [1.165, 1.54) is 79.7 Å². The van der Waals surface area contributed by atoms with Crippen LogP contribution in [0.1, 0.15) is 30.2 Å². The van der Waals surface area contributed by atoms with E-state index in [0.717, 1.165) is 0 Å². The summed E-state index contributed by atoms with van der Waals surface area (Å²) in [7, 11) is 0. The van der Waals surface area contributed by atoms with Crippen LogP contribution in [0.3, 0.4) is 0 Å². The molecule has 0 aliphatic carbocycles. The number of aliphatic hydroxyl groups is 2. The SMILES string of the molecule is CSCC[C@H](NC(=O)[C@H](Cc1ccc(O)cc1)NC(=O)[C@H](Cc1ccc(O)cc1)NC(=O)[C@H](CO)NC(=O)[C@@H](N)[C@@H](C)O)C(=O)N[C@@H](Cc1cnc[nH]1)C(=O)O. The first-order valence-corrected chi connectivity index (χ1v) is 18.8. The van der Waals surface area contributed by atoms with Gasteiger partial charge in [-0.25, -0.2) is 9.78 Å². The average Bonchev–Trinajstić information content (AvgIpc) is 3.68. The van der Waals surface area contributed by atoms with Crippen molar-refractivity contribution in [2.75, 3.05) is 18.6 Å². The lowest BCUT2D eigenvalue weighted by Crippen LogP contribution is -2.61. The minimum atomic E-state index is -1.60. The predicted molar refractivity (Wildman–Crippen MR) is 203 cm³/mol. The minimum absolute atomic E-state index is 0.0627. The van der Waals surface area contributed by atoms with Crippen LogP contribution in [-0.2, 0) is 48.0 Å². The number of aromatic amines is 1. The van der Waals surface area contributed by atoms with Gasteiger partial charge in [0.2, 0.25) is 29.5 Å². The van der Waals surface area contributed by atoms with Crippen LogP contribution in [0.25, 0.3) is 0 Å². The standard InChI is InChI=1S/C36H48N8O11S/c1-19(46)30(37)35(53)44-29(17-45)34(52)42-27(14-21-5-9-24(48)10-6-21)33(51)41-26(13-20-3-7-23(47)8-4-20)32(50)40-25(11-12-56-2)31(49)43-28(36(54)55)15-22-16-38-18-39-22/h3-10,16,18-19,25-30,45-48H,11-15,17,37H2,1-2H3,(H,38,39)(H,40,50)(H,41,51)(H,42,52)(H,43,49)(H,44,53)(H,54,55)/t19-,25+,26+,27+,28+,29+,30+/m1/s1. The van der Waals surface area contributed by atoms with Gasteiger partial charge < -0.3 is 62.8 Å². The summed E-state index contributed by atoms with van der Waals surface area (Å²) < 4.78 is 0. The number of phenolic OH excluding ortho intramolecular Hbond substituents is 2. The molecule has 56 heavy (non-hydrogen) atoms. The Hall–Kier alpha value is -5.70. The zero-order valence-electron chi connectivity index (χ0n) is 30.7. The molecule has 0 radical (unpaired) electrons. The third-order valence-corrected chi connectivity index (χ3v) is 9.14. The summed E-state index contributed by atoms with van der Waals surface area (Å²) in [5.74, 6) is -5.55. The highest BCUT2D eigenvalue weighted by Gasteiger charge is 2.33. The van der Waals surface area contributed by atoms with Crippen molar-refractivity contribution in [2.45, 2.75) is 75.0 Å². The van der Waals surface area contributed by atoms with E-state index < -0.39 is 84.5 Å². The molecule has 0 saturated heterocycles. The summed E-state index contributed by atoms with van der Waals surface area (Å²) in [4.78, 5) is 86.1. The molecule has 19 nitrogen and oxygen atoms in total. The van der Waals surface area contributed by atoms with Gasteiger partial charge in [-0.15, -0.1) is 0 Å². The topological polar surface area (TPSA) is 318 Å². The predicted octanol–water partition coefficient (Wildman–Crippen LogP) is -2.19. The number of nitrogens with two attached hydrogens (primary N) is 1. The number of imidazole rings is 1. The fourth-order valence-electron chi connectivity index (χ4n) is 5.25. The number of benzene rings is 2. The fraction of sp³-hybridized carbons (Fsp3) is 0.417. The number of carboxylic acid groups (broad SMARTS) is 1. The van der Waals surface area contributed by atoms with Crippen LogP contribution in [-0.4, -0.2) is 132 Å². The third kappa shape index (κ3) is 14.2. The third-order valence-electron chi connectivity index (χ3n) is 8.49. The van der Waals surface area contributed by atoms with E-state index in [1.54, 1.807) is 6.26 Å². The van der Waals surface area contributed by atoms with E-state index in [0.29, 0.717) is 22.6 Å². The molecule has 0 aliphatic heterocycles. The number of amides is 5. The van der Waals surface area contributed by atoms with Crippen LogP contribution >= 0.6 is 11.8 Å². The quantitative estimate of drug-likeness (QED) is 0.0514. The molecule has 13 N–H and O–H groups in total. The van der Waals surface area contributed by atoms with Crippen molar-refractivity contribution >= 4 is 47.3 Å². The van der Waals surface area contributed by atoms with Gasteiger partial charge in [0.25, 0.3) is 0 Å². The molecule has 0 aliphatic rings. The zero-order chi connectivity index (χ0) is 41.4. The van der Waals surface area contributed by atoms with Gasteiger partial charge >= 0.3 is 5.97 Å². The molecule has 1 aromatic heterocycles. The van der Waals surface area contributed by atoms with Crippen molar-refractivity contribution in [1.82, 2.24) is 36.6 Å². The minimum Gasteiger partial charge on any atom is -0.508 e. The Morgan fingerprint density at radius 3 is 1.59 bits per heavy atom. The van der Waals surface area contributed by atoms with Gasteiger partial charge in [-0.3, -0.25) is 24.0 Å². The Bertz CT molecular complexity index is 1760. The lowest BCUT2D eigenvalue weighted by molar-refractivity contribution is -0.142. The number of rotatable bonds is 22. The molecule has 3 aromatic rings. The number of nitrogens with one attached hydrogen (secondary N) is 6. The lowest BCUT2D eigenvalue weighted by atomic mass is 10.0. The number of aliphatic hydroxyl groups excluding tert-OH is 2. The largest absolute Gasteiger partial charge is 0.508 e. The van der Waals surface area contributed by atoms with Crippen LogP contribution in [0.5, 0.6) is 11.5 Å². The van der Waals surface area contributed by atoms with Crippen LogP contribution in [0, 0.1) is 0 Å². The van der Waals surface area contributed by atoms with Crippen molar-refractivity contribution in [2.24, 2.45) is 5.73 Å². The molecule has 0 unspecified atom stereocenters. The van der Waals surface area contributed by atoms with Gasteiger partial charge in [0.1, 0.15) is 47.8 Å². The van der Waals surface area contributed by atoms with E-state index in [-0.39, 0.29) is 37.2 Å². The summed E-state index contributed by atoms with van der Waals surface area (Å²) >= 11 is 1.37. The van der Waals surface area contributed by atoms with Gasteiger partial charge in [0, 0.05) is 31.2 Å². The molecule has 304 valence electrons. The molecule has 7 atom stereocenters. The Morgan fingerprint density at radius 1 is 0.714 bits per heavy atom. The Morgan fingerprint density at radius 2 is 1.16 bits per heavy atom. The highest BCUT2D eigenvalue weighted by Crippen LogP contribution is 2.15. The van der Waals surface area contributed by atoms with Gasteiger partial charge in [-0.2, -0.15) is 11.8 Å². The summed E-state index contributed by atoms with van der Waals surface area (Å²) in [6, 6.07) is 2.93. The maximum atomic E-state index is 14.0. The number of thioether (sulfide) groups is 1. The van der Waals surface area contributed by atoms with E-state index in [4.69, 9.17) is 5.73 Å². The molecular formula is C36H48N8O11S. The van der Waals surface area contributed by atoms with Crippen molar-refractivity contribution in [3.8, 4) is 11.5 Å². The number of hydrogen-bond donors (Lipinski definition) is 12. The van der Waals surface area contributed by atoms with Crippen LogP contribution in [0.4, 0.5) is 0 Å². The highest BCUT2D eigenvalue weighted by molar-refractivity contribution is 7.98. The number of aromatic nitrogens is 2. The fourth-order valence-corrected chi connectivity index (χ4v) is 5.72. The summed E-state index contributed by atoms with van der Waals surface area (Å²) in [6.07, 6.45) is 2.87. The average molecular weight is 801 g/mol. The number of carbonyl (C=O) groups is 6. The number of aromatic hydroxyl groups is 2. The molecular weight excluding hydrogens is 753 g/mol. The van der Waals surface area contributed by atoms with Crippen molar-refractivity contribution in [3.63, 3.8) is 0 Å². The number of phenols is 2. The molecule has 2 aromatic carbocycles. The van der Waals surface area contributed by atoms with Crippen LogP contribution in [0.2, 0.25) is 0 Å². The number of nitrogens with zero attached hydrogens (tertiary/aromatic N) is 1. The number of carbonyl (C=O) groups excluding carboxylic acids is 5. The maximum Gasteiger partial charge on any atom is 0.326 e.